The zero-order valence-corrected chi connectivity index (χ0v) is 26.6. The van der Waals surface area contributed by atoms with Gasteiger partial charge in [0.1, 0.15) is 23.5 Å². The maximum absolute atomic E-state index is 14.2. The number of primary amides is 1. The second-order valence-corrected chi connectivity index (χ2v) is 13.2. The molecule has 236 valence electrons. The van der Waals surface area contributed by atoms with Gasteiger partial charge in [0, 0.05) is 18.5 Å². The molecule has 4 aromatic rings. The highest BCUT2D eigenvalue weighted by atomic mass is 32.1. The number of likely N-dealkylation sites (tertiary alicyclic amines) is 1. The van der Waals surface area contributed by atoms with Gasteiger partial charge in [-0.2, -0.15) is 0 Å². The summed E-state index contributed by atoms with van der Waals surface area (Å²) in [5.74, 6) is -0.381. The van der Waals surface area contributed by atoms with Crippen LogP contribution in [0.3, 0.4) is 0 Å². The lowest BCUT2D eigenvalue weighted by atomic mass is 9.85. The molecule has 1 fully saturated rings. The molecule has 5 rings (SSSR count). The molecule has 45 heavy (non-hydrogen) atoms. The van der Waals surface area contributed by atoms with Crippen molar-refractivity contribution in [3.8, 4) is 27.4 Å². The molecular weight excluding hydrogens is 594 g/mol. The minimum Gasteiger partial charge on any atom is -0.411 e. The number of hydrogen-bond acceptors (Lipinski definition) is 9. The van der Waals surface area contributed by atoms with Gasteiger partial charge in [-0.15, -0.1) is 16.4 Å². The number of carbonyl (C=O) groups excluding carboxylic acids is 3. The molecule has 4 N–H and O–H groups in total. The Balaban J connectivity index is 1.32. The molecule has 3 heterocycles. The molecule has 4 atom stereocenters. The van der Waals surface area contributed by atoms with E-state index in [1.807, 2.05) is 64.4 Å². The van der Waals surface area contributed by atoms with E-state index in [-0.39, 0.29) is 36.6 Å². The predicted octanol–water partition coefficient (Wildman–Crippen LogP) is 4.26. The van der Waals surface area contributed by atoms with Crippen molar-refractivity contribution < 1.29 is 24.2 Å². The zero-order chi connectivity index (χ0) is 32.5. The summed E-state index contributed by atoms with van der Waals surface area (Å²) in [6.45, 7) is 9.63. The fourth-order valence-corrected chi connectivity index (χ4v) is 6.40. The van der Waals surface area contributed by atoms with E-state index in [4.69, 9.17) is 10.5 Å². The van der Waals surface area contributed by atoms with Gasteiger partial charge < -0.3 is 25.8 Å². The van der Waals surface area contributed by atoms with Gasteiger partial charge in [-0.25, -0.2) is 14.5 Å². The van der Waals surface area contributed by atoms with Crippen molar-refractivity contribution in [2.45, 2.75) is 65.3 Å². The van der Waals surface area contributed by atoms with Crippen molar-refractivity contribution in [3.63, 3.8) is 0 Å². The summed E-state index contributed by atoms with van der Waals surface area (Å²) in [6, 6.07) is 12.6. The molecule has 2 aromatic carbocycles. The van der Waals surface area contributed by atoms with Gasteiger partial charge in [0.25, 0.3) is 0 Å². The number of aliphatic hydroxyl groups excluding tert-OH is 1. The summed E-state index contributed by atoms with van der Waals surface area (Å²) >= 11 is 1.58. The molecular formula is C32H37N7O5S. The highest BCUT2D eigenvalue weighted by Crippen LogP contribution is 2.35. The van der Waals surface area contributed by atoms with Gasteiger partial charge in [0.2, 0.25) is 11.8 Å². The fourth-order valence-electron chi connectivity index (χ4n) is 5.58. The quantitative estimate of drug-likeness (QED) is 0.260. The number of nitrogens with one attached hydrogen (secondary N) is 1. The number of nitrogens with zero attached hydrogens (tertiary/aromatic N) is 5. The highest BCUT2D eigenvalue weighted by molar-refractivity contribution is 7.13. The minimum atomic E-state index is -0.912. The van der Waals surface area contributed by atoms with Crippen molar-refractivity contribution in [2.75, 3.05) is 6.54 Å². The predicted molar refractivity (Wildman–Crippen MR) is 169 cm³/mol. The Morgan fingerprint density at radius 3 is 2.36 bits per heavy atom. The molecule has 0 radical (unpaired) electrons. The lowest BCUT2D eigenvalue weighted by Crippen LogP contribution is -2.50. The largest absolute Gasteiger partial charge is 0.411 e. The molecule has 0 unspecified atom stereocenters. The van der Waals surface area contributed by atoms with E-state index in [9.17, 15) is 19.5 Å². The van der Waals surface area contributed by atoms with Crippen molar-refractivity contribution >= 4 is 29.2 Å². The number of rotatable bonds is 8. The SMILES string of the molecule is Cc1ncsc1-c1ccc([C@H](C)NC(=O)[C@@H]2C[C@@H](O)CN2C(=O)[C@@H](n2cc(-c3ccc(OC(N)=O)cc3)nn2)C(C)(C)C)cc1. The standard InChI is InChI=1S/C32H37N7O5S/c1-18(20-6-8-22(9-7-20)27-19(2)34-17-45-27)35-29(41)26-14-23(40)15-38(26)30(42)28(32(3,4)5)39-16-25(36-37-39)21-10-12-24(13-11-21)44-31(33)43/h6-13,16-18,23,26,28,40H,14-15H2,1-5H3,(H2,33,43)(H,35,41)/t18-,23+,26-,28+/m0/s1. The number of aliphatic hydroxyl groups is 1. The Hall–Kier alpha value is -4.62. The van der Waals surface area contributed by atoms with Crippen LogP contribution in [-0.2, 0) is 9.59 Å². The van der Waals surface area contributed by atoms with Crippen LogP contribution in [0.2, 0.25) is 0 Å². The minimum absolute atomic E-state index is 0.0314. The number of aromatic nitrogens is 4. The van der Waals surface area contributed by atoms with Gasteiger partial charge >= 0.3 is 6.09 Å². The van der Waals surface area contributed by atoms with Crippen LogP contribution in [-0.4, -0.2) is 66.6 Å². The molecule has 2 aromatic heterocycles. The molecule has 0 spiro atoms. The first kappa shape index (κ1) is 31.8. The van der Waals surface area contributed by atoms with Crippen LogP contribution in [0.25, 0.3) is 21.7 Å². The normalized spacial score (nSPS) is 18.0. The Labute approximate surface area is 265 Å². The summed E-state index contributed by atoms with van der Waals surface area (Å²) in [5.41, 5.74) is 10.4. The van der Waals surface area contributed by atoms with Crippen molar-refractivity contribution in [1.82, 2.24) is 30.2 Å². The molecule has 0 bridgehead atoms. The number of ether oxygens (including phenoxy) is 1. The number of β-amino-alcohol motifs (C(OH)–C–C–N with tert-alkyl or cyclic N) is 1. The molecule has 3 amide bonds. The van der Waals surface area contributed by atoms with Crippen LogP contribution in [0, 0.1) is 12.3 Å². The van der Waals surface area contributed by atoms with Crippen LogP contribution in [0.15, 0.2) is 60.2 Å². The summed E-state index contributed by atoms with van der Waals surface area (Å²) < 4.78 is 6.38. The lowest BCUT2D eigenvalue weighted by Gasteiger charge is -2.34. The molecule has 0 aliphatic carbocycles. The number of hydrogen-bond donors (Lipinski definition) is 3. The van der Waals surface area contributed by atoms with Crippen molar-refractivity contribution in [3.05, 3.63) is 71.5 Å². The van der Waals surface area contributed by atoms with Crippen LogP contribution in [0.4, 0.5) is 4.79 Å². The van der Waals surface area contributed by atoms with E-state index < -0.39 is 29.7 Å². The number of aryl methyl sites for hydroxylation is 1. The van der Waals surface area contributed by atoms with E-state index in [0.717, 1.165) is 21.7 Å². The summed E-state index contributed by atoms with van der Waals surface area (Å²) in [5, 5.41) is 22.2. The average molecular weight is 632 g/mol. The first-order chi connectivity index (χ1) is 21.3. The molecule has 1 saturated heterocycles. The van der Waals surface area contributed by atoms with Crippen LogP contribution in [0.1, 0.15) is 57.5 Å². The maximum Gasteiger partial charge on any atom is 0.409 e. The third kappa shape index (κ3) is 7.04. The molecule has 1 aliphatic heterocycles. The average Bonchev–Trinajstić information content (AvgIpc) is 3.72. The summed E-state index contributed by atoms with van der Waals surface area (Å²) in [4.78, 5) is 45.6. The van der Waals surface area contributed by atoms with E-state index >= 15 is 0 Å². The van der Waals surface area contributed by atoms with E-state index in [1.165, 1.54) is 9.58 Å². The molecule has 0 saturated carbocycles. The number of carbonyl (C=O) groups is 3. The molecule has 12 nitrogen and oxygen atoms in total. The summed E-state index contributed by atoms with van der Waals surface area (Å²) in [6.07, 6.45) is 0.0477. The van der Waals surface area contributed by atoms with Crippen LogP contribution >= 0.6 is 11.3 Å². The number of benzene rings is 2. The Morgan fingerprint density at radius 2 is 1.76 bits per heavy atom. The van der Waals surface area contributed by atoms with Gasteiger partial charge in [-0.05, 0) is 54.7 Å². The second kappa shape index (κ2) is 12.8. The van der Waals surface area contributed by atoms with E-state index in [2.05, 4.69) is 20.6 Å². The first-order valence-corrected chi connectivity index (χ1v) is 15.5. The molecule has 1 aliphatic rings. The smallest absolute Gasteiger partial charge is 0.409 e. The van der Waals surface area contributed by atoms with Crippen molar-refractivity contribution in [1.29, 1.82) is 0 Å². The van der Waals surface area contributed by atoms with Gasteiger partial charge in [-0.1, -0.05) is 50.3 Å². The van der Waals surface area contributed by atoms with Crippen LogP contribution in [0.5, 0.6) is 5.75 Å². The zero-order valence-electron chi connectivity index (χ0n) is 25.8. The topological polar surface area (TPSA) is 166 Å². The van der Waals surface area contributed by atoms with Crippen molar-refractivity contribution in [2.24, 2.45) is 11.1 Å². The fraction of sp³-hybridized carbons (Fsp3) is 0.375. The number of amides is 3. The van der Waals surface area contributed by atoms with E-state index in [0.29, 0.717) is 11.3 Å². The van der Waals surface area contributed by atoms with Crippen LogP contribution < -0.4 is 15.8 Å². The highest BCUT2D eigenvalue weighted by Gasteiger charge is 2.45. The number of nitrogens with two attached hydrogens (primary N) is 1. The van der Waals surface area contributed by atoms with Gasteiger partial charge in [-0.3, -0.25) is 9.59 Å². The Kier molecular flexibility index (Phi) is 9.03. The van der Waals surface area contributed by atoms with Gasteiger partial charge in [0.05, 0.1) is 34.4 Å². The second-order valence-electron chi connectivity index (χ2n) is 12.3. The Bertz CT molecular complexity index is 1680. The van der Waals surface area contributed by atoms with E-state index in [1.54, 1.807) is 41.8 Å². The first-order valence-electron chi connectivity index (χ1n) is 14.6. The summed E-state index contributed by atoms with van der Waals surface area (Å²) in [7, 11) is 0. The maximum atomic E-state index is 14.2. The Morgan fingerprint density at radius 1 is 1.09 bits per heavy atom. The monoisotopic (exact) mass is 631 g/mol. The lowest BCUT2D eigenvalue weighted by molar-refractivity contribution is -0.144. The number of thiazole rings is 1. The molecule has 13 heteroatoms. The third-order valence-corrected chi connectivity index (χ3v) is 8.82. The van der Waals surface area contributed by atoms with Gasteiger partial charge in [0.15, 0.2) is 0 Å². The third-order valence-electron chi connectivity index (χ3n) is 7.84.